The first-order chi connectivity index (χ1) is 27.0. The Kier molecular flexibility index (Phi) is 9.13. The van der Waals surface area contributed by atoms with Crippen molar-refractivity contribution in [3.8, 4) is 6.07 Å². The lowest BCUT2D eigenvalue weighted by Gasteiger charge is -2.40. The van der Waals surface area contributed by atoms with Crippen LogP contribution in [0.15, 0.2) is 54.6 Å². The van der Waals surface area contributed by atoms with Crippen LogP contribution in [0.2, 0.25) is 5.02 Å². The van der Waals surface area contributed by atoms with E-state index in [9.17, 15) is 29.2 Å². The van der Waals surface area contributed by atoms with E-state index in [0.717, 1.165) is 79.1 Å². The van der Waals surface area contributed by atoms with E-state index in [1.54, 1.807) is 12.1 Å². The number of benzene rings is 3. The molecule has 1 spiro atoms. The van der Waals surface area contributed by atoms with Crippen LogP contribution in [0, 0.1) is 16.7 Å². The van der Waals surface area contributed by atoms with Gasteiger partial charge in [-0.2, -0.15) is 5.26 Å². The number of halogens is 1. The molecule has 0 aromatic heterocycles. The van der Waals surface area contributed by atoms with Crippen LogP contribution in [0.25, 0.3) is 0 Å². The second kappa shape index (κ2) is 14.0. The van der Waals surface area contributed by atoms with Crippen LogP contribution in [0.4, 0.5) is 11.4 Å². The summed E-state index contributed by atoms with van der Waals surface area (Å²) in [6.45, 7) is 7.81. The molecule has 0 radical (unpaired) electrons. The van der Waals surface area contributed by atoms with E-state index in [-0.39, 0.29) is 30.2 Å². The summed E-state index contributed by atoms with van der Waals surface area (Å²) in [6.07, 6.45) is 5.21. The number of nitriles is 1. The Morgan fingerprint density at radius 3 is 2.11 bits per heavy atom. The number of piperidine rings is 3. The Morgan fingerprint density at radius 1 is 0.857 bits per heavy atom. The highest BCUT2D eigenvalue weighted by atomic mass is 35.5. The zero-order valence-corrected chi connectivity index (χ0v) is 32.2. The molecule has 0 bridgehead atoms. The number of imide groups is 2. The molecule has 2 unspecified atom stereocenters. The highest BCUT2D eigenvalue weighted by Crippen LogP contribution is 2.46. The molecule has 2 atom stereocenters. The number of hydrogen-bond acceptors (Lipinski definition) is 9. The van der Waals surface area contributed by atoms with Gasteiger partial charge in [0.2, 0.25) is 11.8 Å². The summed E-state index contributed by atoms with van der Waals surface area (Å²) in [5.41, 5.74) is 6.31. The van der Waals surface area contributed by atoms with Gasteiger partial charge in [0.25, 0.3) is 17.7 Å². The van der Waals surface area contributed by atoms with Gasteiger partial charge in [-0.25, -0.2) is 0 Å². The van der Waals surface area contributed by atoms with E-state index in [2.05, 4.69) is 45.1 Å². The van der Waals surface area contributed by atoms with Gasteiger partial charge in [-0.1, -0.05) is 11.6 Å². The van der Waals surface area contributed by atoms with E-state index in [1.165, 1.54) is 0 Å². The molecule has 1 N–H and O–H groups in total. The fourth-order valence-corrected chi connectivity index (χ4v) is 10.3. The minimum atomic E-state index is -0.975. The summed E-state index contributed by atoms with van der Waals surface area (Å²) in [6, 6.07) is 19.3. The van der Waals surface area contributed by atoms with Gasteiger partial charge in [0.1, 0.15) is 12.1 Å². The Labute approximate surface area is 330 Å². The van der Waals surface area contributed by atoms with Crippen molar-refractivity contribution in [2.45, 2.75) is 83.1 Å². The smallest absolute Gasteiger partial charge is 0.262 e. The third kappa shape index (κ3) is 6.31. The van der Waals surface area contributed by atoms with Crippen molar-refractivity contribution in [1.29, 1.82) is 5.26 Å². The Bertz CT molecular complexity index is 2160. The lowest BCUT2D eigenvalue weighted by molar-refractivity contribution is -0.136. The average molecular weight is 774 g/mol. The van der Waals surface area contributed by atoms with Gasteiger partial charge in [0.05, 0.1) is 21.7 Å². The molecule has 6 aliphatic rings. The van der Waals surface area contributed by atoms with Crippen LogP contribution >= 0.6 is 11.6 Å². The standard InChI is InChI=1S/C43H44ClN7O5/c1-26-21-43(25-50(26)33-7-4-28(22-45)36(44)20-33)12-16-47(17-13-43)31-5-2-27(3-6-31)40(54)48-14-10-32(11-15-48)49-23-29-18-34-35(19-30(29)24-49)42(56)51(41(34)55)37-8-9-38(52)46-39(37)53/h2-7,18-20,26,32,37H,8-17,21,23-25H2,1H3,(H,46,52,53). The molecule has 4 saturated heterocycles. The SMILES string of the molecule is CC1CC2(CCN(c3ccc(C(=O)N4CCC(N5Cc6cc7c(cc6C5)C(=O)N(C5CCC(=O)NC5=O)C7=O)CC4)cc3)CC2)CN1c1ccc(C#N)c(Cl)c1. The van der Waals surface area contributed by atoms with E-state index in [0.29, 0.717) is 59.5 Å². The highest BCUT2D eigenvalue weighted by Gasteiger charge is 2.46. The van der Waals surface area contributed by atoms with E-state index in [4.69, 9.17) is 11.6 Å². The van der Waals surface area contributed by atoms with Gasteiger partial charge in [0.15, 0.2) is 0 Å². The fourth-order valence-electron chi connectivity index (χ4n) is 10.1. The molecule has 6 aliphatic heterocycles. The Morgan fingerprint density at radius 2 is 1.50 bits per heavy atom. The number of anilines is 2. The Balaban J connectivity index is 0.766. The van der Waals surface area contributed by atoms with Crippen molar-refractivity contribution >= 4 is 52.5 Å². The summed E-state index contributed by atoms with van der Waals surface area (Å²) < 4.78 is 0. The van der Waals surface area contributed by atoms with Crippen LogP contribution in [0.3, 0.4) is 0 Å². The number of carbonyl (C=O) groups excluding carboxylic acids is 5. The van der Waals surface area contributed by atoms with E-state index >= 15 is 0 Å². The Hall–Kier alpha value is -5.25. The molecule has 0 aliphatic carbocycles. The first-order valence-electron chi connectivity index (χ1n) is 19.7. The van der Waals surface area contributed by atoms with Crippen molar-refractivity contribution in [1.82, 2.24) is 20.0 Å². The van der Waals surface area contributed by atoms with Gasteiger partial charge < -0.3 is 14.7 Å². The maximum Gasteiger partial charge on any atom is 0.262 e. The molecule has 5 amide bonds. The molecule has 288 valence electrons. The number of carbonyl (C=O) groups is 5. The summed E-state index contributed by atoms with van der Waals surface area (Å²) in [5.74, 6) is -1.92. The quantitative estimate of drug-likeness (QED) is 0.351. The molecule has 6 heterocycles. The molecule has 13 heteroatoms. The summed E-state index contributed by atoms with van der Waals surface area (Å²) in [4.78, 5) is 74.6. The lowest BCUT2D eigenvalue weighted by Crippen LogP contribution is -2.54. The minimum Gasteiger partial charge on any atom is -0.371 e. The predicted octanol–water partition coefficient (Wildman–Crippen LogP) is 5.12. The summed E-state index contributed by atoms with van der Waals surface area (Å²) in [5, 5.41) is 12.0. The van der Waals surface area contributed by atoms with Crippen LogP contribution in [-0.4, -0.2) is 95.1 Å². The van der Waals surface area contributed by atoms with Crippen molar-refractivity contribution < 1.29 is 24.0 Å². The number of rotatable bonds is 5. The number of fused-ring (bicyclic) bond motifs is 2. The first kappa shape index (κ1) is 36.4. The van der Waals surface area contributed by atoms with E-state index < -0.39 is 29.7 Å². The minimum absolute atomic E-state index is 0.0502. The second-order valence-corrected chi connectivity index (χ2v) is 16.9. The number of amides is 5. The average Bonchev–Trinajstić information content (AvgIpc) is 3.84. The van der Waals surface area contributed by atoms with Crippen LogP contribution in [-0.2, 0) is 22.7 Å². The third-order valence-electron chi connectivity index (χ3n) is 13.2. The van der Waals surface area contributed by atoms with Gasteiger partial charge in [-0.3, -0.25) is 39.1 Å². The van der Waals surface area contributed by atoms with E-state index in [1.807, 2.05) is 35.2 Å². The number of nitrogens with zero attached hydrogens (tertiary/aromatic N) is 6. The molecule has 4 fully saturated rings. The zero-order chi connectivity index (χ0) is 38.9. The van der Waals surface area contributed by atoms with Gasteiger partial charge >= 0.3 is 0 Å². The third-order valence-corrected chi connectivity index (χ3v) is 13.6. The maximum absolute atomic E-state index is 13.6. The lowest BCUT2D eigenvalue weighted by atomic mass is 9.76. The van der Waals surface area contributed by atoms with Crippen LogP contribution in [0.1, 0.15) is 99.6 Å². The molecule has 3 aromatic rings. The fraction of sp³-hybridized carbons (Fsp3) is 0.442. The van der Waals surface area contributed by atoms with Crippen LogP contribution in [0.5, 0.6) is 0 Å². The first-order valence-corrected chi connectivity index (χ1v) is 20.1. The van der Waals surface area contributed by atoms with Gasteiger partial charge in [-0.15, -0.1) is 0 Å². The molecular weight excluding hydrogens is 730 g/mol. The van der Waals surface area contributed by atoms with Crippen molar-refractivity contribution in [2.75, 3.05) is 42.5 Å². The number of likely N-dealkylation sites (tertiary alicyclic amines) is 1. The predicted molar refractivity (Wildman–Crippen MR) is 209 cm³/mol. The molecule has 56 heavy (non-hydrogen) atoms. The second-order valence-electron chi connectivity index (χ2n) is 16.5. The number of hydrogen-bond donors (Lipinski definition) is 1. The molecule has 9 rings (SSSR count). The summed E-state index contributed by atoms with van der Waals surface area (Å²) in [7, 11) is 0. The monoisotopic (exact) mass is 773 g/mol. The van der Waals surface area contributed by atoms with Gasteiger partial charge in [0, 0.05) is 81.3 Å². The molecule has 0 saturated carbocycles. The molecule has 12 nitrogen and oxygen atoms in total. The van der Waals surface area contributed by atoms with Crippen molar-refractivity contribution in [2.24, 2.45) is 5.41 Å². The molecule has 3 aromatic carbocycles. The molecular formula is C43H44ClN7O5. The van der Waals surface area contributed by atoms with Crippen molar-refractivity contribution in [3.63, 3.8) is 0 Å². The largest absolute Gasteiger partial charge is 0.371 e. The van der Waals surface area contributed by atoms with Crippen LogP contribution < -0.4 is 15.1 Å². The zero-order valence-electron chi connectivity index (χ0n) is 31.4. The maximum atomic E-state index is 13.6. The summed E-state index contributed by atoms with van der Waals surface area (Å²) >= 11 is 6.37. The number of nitrogens with one attached hydrogen (secondary N) is 1. The van der Waals surface area contributed by atoms with Crippen molar-refractivity contribution in [3.05, 3.63) is 93.0 Å². The highest BCUT2D eigenvalue weighted by molar-refractivity contribution is 6.32. The normalized spacial score (nSPS) is 23.8. The topological polar surface area (TPSA) is 137 Å². The van der Waals surface area contributed by atoms with Gasteiger partial charge in [-0.05, 0) is 117 Å².